The first-order valence-corrected chi connectivity index (χ1v) is 10.3. The van der Waals surface area contributed by atoms with Crippen molar-refractivity contribution in [3.63, 3.8) is 0 Å². The van der Waals surface area contributed by atoms with Crippen LogP contribution in [-0.4, -0.2) is 33.1 Å². The number of rotatable bonds is 6. The van der Waals surface area contributed by atoms with Crippen LogP contribution in [0.25, 0.3) is 0 Å². The molecule has 164 valence electrons. The van der Waals surface area contributed by atoms with Gasteiger partial charge in [-0.15, -0.1) is 0 Å². The zero-order valence-corrected chi connectivity index (χ0v) is 15.1. The van der Waals surface area contributed by atoms with Crippen molar-refractivity contribution in [1.82, 2.24) is 0 Å². The molecule has 15 heteroatoms. The lowest BCUT2D eigenvalue weighted by atomic mass is 9.60. The topological polar surface area (TPSA) is 0 Å². The second kappa shape index (κ2) is 8.51. The molecule has 0 nitrogen and oxygen atoms in total. The number of halogens is 13. The van der Waals surface area contributed by atoms with Crippen molar-refractivity contribution in [2.45, 2.75) is 0 Å². The minimum absolute atomic E-state index is 2.25. The predicted molar refractivity (Wildman–Crippen MR) is 81.2 cm³/mol. The molecule has 0 radical (unpaired) electrons. The van der Waals surface area contributed by atoms with Crippen LogP contribution in [0.4, 0.5) is 57.1 Å². The summed E-state index contributed by atoms with van der Waals surface area (Å²) in [6, 6.07) is 0. The predicted octanol–water partition coefficient (Wildman–Crippen LogP) is 3.74. The summed E-state index contributed by atoms with van der Waals surface area (Å²) in [4.78, 5) is 0. The first-order valence-electron chi connectivity index (χ1n) is 7.62. The van der Waals surface area contributed by atoms with Crippen molar-refractivity contribution in [3.05, 3.63) is 58.2 Å². The van der Waals surface area contributed by atoms with E-state index < -0.39 is 102 Å². The maximum absolute atomic E-state index is 14.2. The first-order chi connectivity index (χ1) is 13.9. The van der Waals surface area contributed by atoms with Gasteiger partial charge in [0.1, 0.15) is 7.94 Å². The Morgan fingerprint density at radius 2 is 0.600 bits per heavy atom. The Hall–Kier alpha value is -2.19. The van der Waals surface area contributed by atoms with Gasteiger partial charge in [0.15, 0.2) is 58.2 Å². The van der Waals surface area contributed by atoms with E-state index in [9.17, 15) is 57.1 Å². The van der Waals surface area contributed by atoms with E-state index in [1.54, 1.807) is 0 Å². The molecule has 0 aromatic heterocycles. The van der Waals surface area contributed by atoms with E-state index in [1.807, 2.05) is 0 Å². The van der Waals surface area contributed by atoms with Crippen LogP contribution in [0.15, 0.2) is 0 Å². The second-order valence-corrected chi connectivity index (χ2v) is 10.3. The Bertz CT molecular complexity index is 856. The fourth-order valence-corrected chi connectivity index (χ4v) is 5.25. The lowest BCUT2D eigenvalue weighted by molar-refractivity contribution is 0.382. The van der Waals surface area contributed by atoms with E-state index in [2.05, 4.69) is 0 Å². The summed E-state index contributed by atoms with van der Waals surface area (Å²) in [6.45, 7) is 0. The molecule has 0 spiro atoms. The van der Waals surface area contributed by atoms with Crippen LogP contribution in [0.1, 0.15) is 0 Å². The average Bonchev–Trinajstić information content (AvgIpc) is 2.75. The van der Waals surface area contributed by atoms with Gasteiger partial charge in [0.05, 0.1) is 18.9 Å². The molecular formula is C15H6BF13Si. The molecule has 0 bridgehead atoms. The number of alkyl halides is 3. The molecular weight excluding hydrogens is 466 g/mol. The molecule has 0 aliphatic heterocycles. The van der Waals surface area contributed by atoms with Crippen molar-refractivity contribution in [1.29, 1.82) is 0 Å². The fraction of sp³-hybridized carbons (Fsp3) is 0.200. The van der Waals surface area contributed by atoms with Crippen LogP contribution >= 0.6 is 0 Å². The van der Waals surface area contributed by atoms with Crippen molar-refractivity contribution >= 4 is 25.2 Å². The maximum Gasteiger partial charge on any atom is 0.227 e. The molecule has 0 saturated heterocycles. The molecule has 0 fully saturated rings. The summed E-state index contributed by atoms with van der Waals surface area (Å²) >= 11 is 0. The van der Waals surface area contributed by atoms with Gasteiger partial charge in [0.2, 0.25) is 6.31 Å². The summed E-state index contributed by atoms with van der Waals surface area (Å²) in [5, 5.41) is 0. The Kier molecular flexibility index (Phi) is 6.83. The van der Waals surface area contributed by atoms with Crippen molar-refractivity contribution in [2.75, 3.05) is 18.9 Å². The van der Waals surface area contributed by atoms with Gasteiger partial charge < -0.3 is 0 Å². The highest BCUT2D eigenvalue weighted by atomic mass is 28.3. The van der Waals surface area contributed by atoms with Crippen LogP contribution in [-0.2, 0) is 0 Å². The molecule has 0 aliphatic carbocycles. The normalized spacial score (nSPS) is 11.9. The van der Waals surface area contributed by atoms with Gasteiger partial charge in [-0.3, -0.25) is 13.2 Å². The van der Waals surface area contributed by atoms with E-state index in [1.165, 1.54) is 0 Å². The van der Waals surface area contributed by atoms with Crippen molar-refractivity contribution < 1.29 is 57.1 Å². The van der Waals surface area contributed by atoms with Crippen LogP contribution in [0.5, 0.6) is 0 Å². The molecule has 2 aromatic rings. The summed E-state index contributed by atoms with van der Waals surface area (Å²) < 4.78 is 179. The molecule has 0 atom stereocenters. The zero-order valence-electron chi connectivity index (χ0n) is 14.1. The van der Waals surface area contributed by atoms with E-state index in [-0.39, 0.29) is 0 Å². The molecule has 0 unspecified atom stereocenters. The lowest BCUT2D eigenvalue weighted by Gasteiger charge is -2.31. The van der Waals surface area contributed by atoms with Gasteiger partial charge >= 0.3 is 0 Å². The summed E-state index contributed by atoms with van der Waals surface area (Å²) in [7, 11) is -5.45. The summed E-state index contributed by atoms with van der Waals surface area (Å²) in [5.41, 5.74) is -4.62. The Morgan fingerprint density at radius 3 is 0.800 bits per heavy atom. The largest absolute Gasteiger partial charge is 0.255 e. The van der Waals surface area contributed by atoms with Gasteiger partial charge in [0, 0.05) is 0 Å². The third-order valence-corrected chi connectivity index (χ3v) is 7.87. The monoisotopic (exact) mass is 472 g/mol. The lowest BCUT2D eigenvalue weighted by Crippen LogP contribution is -2.72. The van der Waals surface area contributed by atoms with Gasteiger partial charge in [0.25, 0.3) is 0 Å². The van der Waals surface area contributed by atoms with Crippen LogP contribution < -0.4 is 10.9 Å². The van der Waals surface area contributed by atoms with Crippen LogP contribution in [0.2, 0.25) is 0 Å². The van der Waals surface area contributed by atoms with Gasteiger partial charge in [-0.05, 0) is 10.9 Å². The quantitative estimate of drug-likeness (QED) is 0.260. The average molecular weight is 472 g/mol. The molecule has 0 aliphatic rings. The molecule has 0 amide bonds. The van der Waals surface area contributed by atoms with Gasteiger partial charge in [-0.1, -0.05) is 0 Å². The highest BCUT2D eigenvalue weighted by Gasteiger charge is 2.54. The number of hydrogen-bond donors (Lipinski definition) is 0. The summed E-state index contributed by atoms with van der Waals surface area (Å²) in [6.07, 6.45) is -10.1. The minimum atomic E-state index is -5.45. The standard InChI is InChI=1S/C15H6BF13Si/c17-1-30(2-18,3-19)16(4-6(20)10(24)14(28)11(25)7(4)21)5-8(22)12(26)15(29)13(27)9(5)23/h1-3H2. The molecule has 30 heavy (non-hydrogen) atoms. The smallest absolute Gasteiger partial charge is 0.227 e. The molecule has 0 saturated carbocycles. The van der Waals surface area contributed by atoms with Crippen molar-refractivity contribution in [2.24, 2.45) is 0 Å². The first kappa shape index (κ1) is 24.1. The Morgan fingerprint density at radius 1 is 0.400 bits per heavy atom. The third kappa shape index (κ3) is 3.36. The maximum atomic E-state index is 14.2. The third-order valence-electron chi connectivity index (χ3n) is 4.48. The van der Waals surface area contributed by atoms with Crippen LogP contribution in [0, 0.1) is 58.2 Å². The Balaban J connectivity index is 3.14. The van der Waals surface area contributed by atoms with E-state index in [4.69, 9.17) is 0 Å². The molecule has 0 heterocycles. The van der Waals surface area contributed by atoms with Gasteiger partial charge in [-0.25, -0.2) is 43.9 Å². The van der Waals surface area contributed by atoms with Gasteiger partial charge in [-0.2, -0.15) is 0 Å². The summed E-state index contributed by atoms with van der Waals surface area (Å²) in [5.74, 6) is -28.0. The highest BCUT2D eigenvalue weighted by molar-refractivity contribution is 7.42. The zero-order chi connectivity index (χ0) is 23.1. The van der Waals surface area contributed by atoms with Crippen LogP contribution in [0.3, 0.4) is 0 Å². The Labute approximate surface area is 160 Å². The fourth-order valence-electron chi connectivity index (χ4n) is 2.85. The van der Waals surface area contributed by atoms with E-state index >= 15 is 0 Å². The molecule has 0 N–H and O–H groups in total. The SMILES string of the molecule is FC[Si](CF)(CF)B(c1c(F)c(F)c(F)c(F)c1F)c1c(F)c(F)c(F)c(F)c1F. The number of hydrogen-bond acceptors (Lipinski definition) is 0. The second-order valence-electron chi connectivity index (χ2n) is 6.16. The van der Waals surface area contributed by atoms with Crippen molar-refractivity contribution in [3.8, 4) is 0 Å². The minimum Gasteiger partial charge on any atom is -0.255 e. The number of benzene rings is 2. The van der Waals surface area contributed by atoms with E-state index in [0.29, 0.717) is 0 Å². The molecule has 2 rings (SSSR count). The highest BCUT2D eigenvalue weighted by Crippen LogP contribution is 2.24. The van der Waals surface area contributed by atoms with E-state index in [0.717, 1.165) is 0 Å². The molecule has 2 aromatic carbocycles.